The number of ether oxygens (including phenoxy) is 2. The molecule has 184 valence electrons. The lowest BCUT2D eigenvalue weighted by atomic mass is 9.90. The van der Waals surface area contributed by atoms with Gasteiger partial charge in [0.1, 0.15) is 11.5 Å². The summed E-state index contributed by atoms with van der Waals surface area (Å²) >= 11 is 0. The molecule has 6 nitrogen and oxygen atoms in total. The Balaban J connectivity index is 1.15. The zero-order valence-electron chi connectivity index (χ0n) is 20.1. The molecule has 4 aromatic carbocycles. The van der Waals surface area contributed by atoms with Gasteiger partial charge in [-0.15, -0.1) is 0 Å². The highest BCUT2D eigenvalue weighted by molar-refractivity contribution is 5.89. The van der Waals surface area contributed by atoms with Crippen molar-refractivity contribution in [3.8, 4) is 11.5 Å². The second kappa shape index (κ2) is 11.1. The van der Waals surface area contributed by atoms with Crippen LogP contribution in [0.1, 0.15) is 25.7 Å². The Morgan fingerprint density at radius 2 is 1.03 bits per heavy atom. The maximum absolute atomic E-state index is 12.7. The van der Waals surface area contributed by atoms with Crippen molar-refractivity contribution in [2.45, 2.75) is 37.8 Å². The number of fused-ring (bicyclic) bond motifs is 2. The molecule has 2 amide bonds. The van der Waals surface area contributed by atoms with Gasteiger partial charge in [-0.25, -0.2) is 0 Å². The lowest BCUT2D eigenvalue weighted by Gasteiger charge is -2.32. The molecule has 0 unspecified atom stereocenters. The molecule has 0 bridgehead atoms. The summed E-state index contributed by atoms with van der Waals surface area (Å²) in [4.78, 5) is 25.4. The van der Waals surface area contributed by atoms with E-state index in [-0.39, 0.29) is 37.1 Å². The standard InChI is InChI=1S/C30H30N2O4/c33-29(19-35-27-17-7-11-21-9-1-3-13-23(21)27)31-25-15-5-6-16-26(25)32-30(34)20-36-28-18-8-12-22-10-2-4-14-24(22)28/h1-4,7-14,17-18,25-26H,5-6,15-16,19-20H2,(H,31,33)(H,32,34)/t25-,26-/m0/s1. The van der Waals surface area contributed by atoms with Gasteiger partial charge in [-0.1, -0.05) is 85.6 Å². The minimum absolute atomic E-state index is 0.0740. The molecule has 2 N–H and O–H groups in total. The van der Waals surface area contributed by atoms with E-state index in [4.69, 9.17) is 9.47 Å². The fourth-order valence-corrected chi connectivity index (χ4v) is 4.90. The highest BCUT2D eigenvalue weighted by Crippen LogP contribution is 2.26. The van der Waals surface area contributed by atoms with Crippen LogP contribution in [0.4, 0.5) is 0 Å². The van der Waals surface area contributed by atoms with Crippen molar-refractivity contribution in [1.82, 2.24) is 10.6 Å². The van der Waals surface area contributed by atoms with Gasteiger partial charge >= 0.3 is 0 Å². The predicted octanol–water partition coefficient (Wildman–Crippen LogP) is 4.99. The number of carbonyl (C=O) groups excluding carboxylic acids is 2. The number of hydrogen-bond donors (Lipinski definition) is 2. The Morgan fingerprint density at radius 3 is 1.50 bits per heavy atom. The first-order chi connectivity index (χ1) is 17.7. The van der Waals surface area contributed by atoms with Crippen LogP contribution < -0.4 is 20.1 Å². The normalized spacial score (nSPS) is 17.4. The highest BCUT2D eigenvalue weighted by atomic mass is 16.5. The topological polar surface area (TPSA) is 76.7 Å². The van der Waals surface area contributed by atoms with Gasteiger partial charge in [0.15, 0.2) is 13.2 Å². The summed E-state index contributed by atoms with van der Waals surface area (Å²) in [5.74, 6) is 0.979. The quantitative estimate of drug-likeness (QED) is 0.371. The zero-order valence-corrected chi connectivity index (χ0v) is 20.1. The van der Waals surface area contributed by atoms with Gasteiger partial charge in [0.25, 0.3) is 11.8 Å². The third-order valence-electron chi connectivity index (χ3n) is 6.68. The van der Waals surface area contributed by atoms with Gasteiger partial charge in [-0.3, -0.25) is 9.59 Å². The van der Waals surface area contributed by atoms with E-state index < -0.39 is 0 Å². The third kappa shape index (κ3) is 5.60. The molecule has 2 atom stereocenters. The second-order valence-corrected chi connectivity index (χ2v) is 9.16. The summed E-state index contributed by atoms with van der Waals surface area (Å²) in [5.41, 5.74) is 0. The van der Waals surface area contributed by atoms with E-state index in [2.05, 4.69) is 10.6 Å². The van der Waals surface area contributed by atoms with E-state index in [0.717, 1.165) is 47.2 Å². The Hall–Kier alpha value is -4.06. The molecule has 1 fully saturated rings. The molecule has 5 rings (SSSR count). The molecule has 1 aliphatic carbocycles. The Morgan fingerprint density at radius 1 is 0.611 bits per heavy atom. The molecule has 0 aliphatic heterocycles. The van der Waals surface area contributed by atoms with Crippen LogP contribution in [-0.4, -0.2) is 37.1 Å². The second-order valence-electron chi connectivity index (χ2n) is 9.16. The molecule has 1 aliphatic rings. The first kappa shape index (κ1) is 23.7. The lowest BCUT2D eigenvalue weighted by Crippen LogP contribution is -2.54. The van der Waals surface area contributed by atoms with Crippen LogP contribution in [0.15, 0.2) is 84.9 Å². The van der Waals surface area contributed by atoms with E-state index in [9.17, 15) is 9.59 Å². The minimum atomic E-state index is -0.193. The van der Waals surface area contributed by atoms with Crippen LogP contribution in [0.2, 0.25) is 0 Å². The first-order valence-electron chi connectivity index (χ1n) is 12.5. The first-order valence-corrected chi connectivity index (χ1v) is 12.5. The van der Waals surface area contributed by atoms with Crippen molar-refractivity contribution in [3.63, 3.8) is 0 Å². The maximum atomic E-state index is 12.7. The molecule has 0 saturated heterocycles. The summed E-state index contributed by atoms with van der Waals surface area (Å²) < 4.78 is 11.7. The molecular formula is C30H30N2O4. The molecular weight excluding hydrogens is 452 g/mol. The summed E-state index contributed by atoms with van der Waals surface area (Å²) in [6, 6.07) is 27.2. The number of amides is 2. The van der Waals surface area contributed by atoms with E-state index in [0.29, 0.717) is 11.5 Å². The Labute approximate surface area is 210 Å². The van der Waals surface area contributed by atoms with Gasteiger partial charge in [0, 0.05) is 22.9 Å². The Bertz CT molecular complexity index is 1250. The van der Waals surface area contributed by atoms with Gasteiger partial charge in [0.05, 0.1) is 0 Å². The zero-order chi connectivity index (χ0) is 24.7. The van der Waals surface area contributed by atoms with E-state index in [1.807, 2.05) is 84.9 Å². The lowest BCUT2D eigenvalue weighted by molar-refractivity contribution is -0.126. The van der Waals surface area contributed by atoms with Crippen LogP contribution in [-0.2, 0) is 9.59 Å². The predicted molar refractivity (Wildman–Crippen MR) is 141 cm³/mol. The summed E-state index contributed by atoms with van der Waals surface area (Å²) in [5, 5.41) is 10.2. The Kier molecular flexibility index (Phi) is 7.31. The molecule has 0 radical (unpaired) electrons. The van der Waals surface area contributed by atoms with E-state index in [1.54, 1.807) is 0 Å². The van der Waals surface area contributed by atoms with Crippen LogP contribution in [0.5, 0.6) is 11.5 Å². The third-order valence-corrected chi connectivity index (χ3v) is 6.68. The average molecular weight is 483 g/mol. The highest BCUT2D eigenvalue weighted by Gasteiger charge is 2.28. The monoisotopic (exact) mass is 482 g/mol. The molecule has 36 heavy (non-hydrogen) atoms. The maximum Gasteiger partial charge on any atom is 0.258 e. The number of nitrogens with one attached hydrogen (secondary N) is 2. The smallest absolute Gasteiger partial charge is 0.258 e. The number of benzene rings is 4. The fourth-order valence-electron chi connectivity index (χ4n) is 4.90. The van der Waals surface area contributed by atoms with Gasteiger partial charge in [0.2, 0.25) is 0 Å². The van der Waals surface area contributed by atoms with E-state index in [1.165, 1.54) is 0 Å². The fraction of sp³-hybridized carbons (Fsp3) is 0.267. The van der Waals surface area contributed by atoms with Crippen LogP contribution in [0, 0.1) is 0 Å². The summed E-state index contributed by atoms with van der Waals surface area (Å²) in [7, 11) is 0. The number of hydrogen-bond acceptors (Lipinski definition) is 4. The molecule has 1 saturated carbocycles. The van der Waals surface area contributed by atoms with Gasteiger partial charge < -0.3 is 20.1 Å². The SMILES string of the molecule is O=C(COc1cccc2ccccc12)N[C@H]1CCCC[C@@H]1NC(=O)COc1cccc2ccccc12. The van der Waals surface area contributed by atoms with Crippen molar-refractivity contribution in [3.05, 3.63) is 84.9 Å². The van der Waals surface area contributed by atoms with Gasteiger partial charge in [-0.05, 0) is 35.7 Å². The minimum Gasteiger partial charge on any atom is -0.483 e. The van der Waals surface area contributed by atoms with E-state index >= 15 is 0 Å². The van der Waals surface area contributed by atoms with Crippen molar-refractivity contribution >= 4 is 33.4 Å². The average Bonchev–Trinajstić information content (AvgIpc) is 2.92. The van der Waals surface area contributed by atoms with Gasteiger partial charge in [-0.2, -0.15) is 0 Å². The molecule has 0 aromatic heterocycles. The van der Waals surface area contributed by atoms with Crippen LogP contribution >= 0.6 is 0 Å². The van der Waals surface area contributed by atoms with Crippen LogP contribution in [0.3, 0.4) is 0 Å². The number of rotatable bonds is 8. The summed E-state index contributed by atoms with van der Waals surface area (Å²) in [6.07, 6.45) is 3.65. The molecule has 0 spiro atoms. The largest absolute Gasteiger partial charge is 0.483 e. The van der Waals surface area contributed by atoms with Crippen molar-refractivity contribution in [2.75, 3.05) is 13.2 Å². The van der Waals surface area contributed by atoms with Crippen molar-refractivity contribution in [2.24, 2.45) is 0 Å². The van der Waals surface area contributed by atoms with Crippen LogP contribution in [0.25, 0.3) is 21.5 Å². The number of carbonyl (C=O) groups is 2. The van der Waals surface area contributed by atoms with Crippen molar-refractivity contribution < 1.29 is 19.1 Å². The summed E-state index contributed by atoms with van der Waals surface area (Å²) in [6.45, 7) is -0.148. The molecule has 6 heteroatoms. The molecule has 4 aromatic rings. The molecule has 0 heterocycles. The van der Waals surface area contributed by atoms with Crippen molar-refractivity contribution in [1.29, 1.82) is 0 Å².